The summed E-state index contributed by atoms with van der Waals surface area (Å²) >= 11 is 6.61. The number of hydrogen-bond donors (Lipinski definition) is 1. The zero-order valence-electron chi connectivity index (χ0n) is 19.9. The fraction of sp³-hybridized carbons (Fsp3) is 0.500. The molecule has 0 radical (unpaired) electrons. The molecule has 0 aliphatic carbocycles. The summed E-state index contributed by atoms with van der Waals surface area (Å²) in [6.45, 7) is 9.13. The Morgan fingerprint density at radius 3 is 2.49 bits per heavy atom. The second kappa shape index (κ2) is 10.3. The molecule has 11 heteroatoms. The maximum Gasteiger partial charge on any atom is 0.336 e. The summed E-state index contributed by atoms with van der Waals surface area (Å²) in [5, 5.41) is 3.70. The van der Waals surface area contributed by atoms with Crippen LogP contribution in [0.15, 0.2) is 29.6 Å². The van der Waals surface area contributed by atoms with Crippen LogP contribution in [0.25, 0.3) is 0 Å². The molecule has 0 aromatic carbocycles. The third-order valence-electron chi connectivity index (χ3n) is 6.40. The number of anilines is 3. The van der Waals surface area contributed by atoms with Crippen LogP contribution in [0.1, 0.15) is 30.9 Å². The predicted molar refractivity (Wildman–Crippen MR) is 132 cm³/mol. The van der Waals surface area contributed by atoms with Crippen LogP contribution in [0.2, 0.25) is 5.15 Å². The van der Waals surface area contributed by atoms with Gasteiger partial charge in [-0.2, -0.15) is 9.97 Å². The lowest BCUT2D eigenvalue weighted by atomic mass is 9.82. The summed E-state index contributed by atoms with van der Waals surface area (Å²) in [4.78, 5) is 31.8. The number of carbonyl (C=O) groups is 1. The zero-order valence-corrected chi connectivity index (χ0v) is 20.7. The molecule has 3 aliphatic rings. The highest BCUT2D eigenvalue weighted by Gasteiger charge is 2.39. The topological polar surface area (TPSA) is 102 Å². The molecule has 0 amide bonds. The Hall–Kier alpha value is -2.95. The number of aromatic nitrogens is 3. The molecule has 0 spiro atoms. The van der Waals surface area contributed by atoms with Gasteiger partial charge in [0.15, 0.2) is 0 Å². The second-order valence-corrected chi connectivity index (χ2v) is 8.87. The molecule has 2 aromatic rings. The first kappa shape index (κ1) is 23.8. The van der Waals surface area contributed by atoms with Crippen molar-refractivity contribution in [3.05, 3.63) is 45.9 Å². The summed E-state index contributed by atoms with van der Waals surface area (Å²) in [6, 6.07) is 3.71. The van der Waals surface area contributed by atoms with Crippen LogP contribution >= 0.6 is 11.6 Å². The number of esters is 1. The van der Waals surface area contributed by atoms with E-state index in [0.29, 0.717) is 86.4 Å². The monoisotopic (exact) mass is 500 g/mol. The molecular formula is C24H29ClN6O4. The van der Waals surface area contributed by atoms with Crippen LogP contribution < -0.4 is 15.1 Å². The Kier molecular flexibility index (Phi) is 7.03. The minimum absolute atomic E-state index is 0.263. The lowest BCUT2D eigenvalue weighted by Crippen LogP contribution is -2.41. The van der Waals surface area contributed by atoms with Crippen molar-refractivity contribution in [3.63, 3.8) is 0 Å². The number of allylic oxidation sites excluding steroid dienone is 1. The number of morpholine rings is 2. The van der Waals surface area contributed by atoms with E-state index in [1.54, 1.807) is 13.1 Å². The van der Waals surface area contributed by atoms with E-state index in [1.807, 2.05) is 19.1 Å². The smallest absolute Gasteiger partial charge is 0.336 e. The van der Waals surface area contributed by atoms with Crippen molar-refractivity contribution in [1.29, 1.82) is 0 Å². The summed E-state index contributed by atoms with van der Waals surface area (Å²) < 4.78 is 16.6. The van der Waals surface area contributed by atoms with Crippen LogP contribution in [0.5, 0.6) is 0 Å². The van der Waals surface area contributed by atoms with E-state index in [0.717, 1.165) is 11.4 Å². The van der Waals surface area contributed by atoms with Crippen molar-refractivity contribution in [2.75, 3.05) is 74.3 Å². The van der Waals surface area contributed by atoms with Gasteiger partial charge < -0.3 is 29.3 Å². The quantitative estimate of drug-likeness (QED) is 0.486. The lowest BCUT2D eigenvalue weighted by molar-refractivity contribution is -0.138. The van der Waals surface area contributed by atoms with E-state index >= 15 is 0 Å². The third kappa shape index (κ3) is 4.65. The molecule has 0 saturated carbocycles. The largest absolute Gasteiger partial charge is 0.463 e. The van der Waals surface area contributed by atoms with Gasteiger partial charge in [0.05, 0.1) is 44.5 Å². The standard InChI is InChI=1S/C24H29ClN6O4/c1-3-35-23(32)17-15(2)27-21-19(18(17)16-5-4-6-26-20(16)25)22(30-7-11-33-12-8-30)29-24(28-21)31-9-13-34-14-10-31/h4-6,18H,3,7-14H2,1-2H3,(H,27,28,29). The normalized spacial score (nSPS) is 20.4. The van der Waals surface area contributed by atoms with E-state index < -0.39 is 11.9 Å². The number of carbonyl (C=O) groups excluding carboxylic acids is 1. The van der Waals surface area contributed by atoms with Crippen molar-refractivity contribution in [2.24, 2.45) is 0 Å². The average Bonchev–Trinajstić information content (AvgIpc) is 2.88. The predicted octanol–water partition coefficient (Wildman–Crippen LogP) is 2.59. The molecule has 2 saturated heterocycles. The van der Waals surface area contributed by atoms with Crippen LogP contribution in [0, 0.1) is 0 Å². The van der Waals surface area contributed by atoms with Gasteiger partial charge in [0, 0.05) is 49.2 Å². The fourth-order valence-electron chi connectivity index (χ4n) is 4.74. The van der Waals surface area contributed by atoms with Crippen molar-refractivity contribution in [3.8, 4) is 0 Å². The fourth-order valence-corrected chi connectivity index (χ4v) is 4.97. The molecule has 5 heterocycles. The Balaban J connectivity index is 1.72. The number of nitrogens with one attached hydrogen (secondary N) is 1. The number of hydrogen-bond acceptors (Lipinski definition) is 10. The highest BCUT2D eigenvalue weighted by Crippen LogP contribution is 2.47. The lowest BCUT2D eigenvalue weighted by Gasteiger charge is -2.37. The average molecular weight is 501 g/mol. The first-order valence-corrected chi connectivity index (χ1v) is 12.3. The highest BCUT2D eigenvalue weighted by molar-refractivity contribution is 6.30. The van der Waals surface area contributed by atoms with Gasteiger partial charge in [-0.05, 0) is 19.9 Å². The first-order chi connectivity index (χ1) is 17.1. The van der Waals surface area contributed by atoms with Crippen molar-refractivity contribution < 1.29 is 19.0 Å². The minimum Gasteiger partial charge on any atom is -0.463 e. The summed E-state index contributed by atoms with van der Waals surface area (Å²) in [6.07, 6.45) is 1.63. The number of nitrogens with zero attached hydrogens (tertiary/aromatic N) is 5. The molecule has 10 nitrogen and oxygen atoms in total. The molecule has 1 unspecified atom stereocenters. The van der Waals surface area contributed by atoms with Crippen molar-refractivity contribution in [1.82, 2.24) is 15.0 Å². The van der Waals surface area contributed by atoms with E-state index in [1.165, 1.54) is 0 Å². The molecule has 2 fully saturated rings. The van der Waals surface area contributed by atoms with E-state index in [9.17, 15) is 4.79 Å². The van der Waals surface area contributed by atoms with Crippen LogP contribution in [-0.4, -0.2) is 80.1 Å². The molecule has 35 heavy (non-hydrogen) atoms. The third-order valence-corrected chi connectivity index (χ3v) is 6.72. The van der Waals surface area contributed by atoms with Crippen LogP contribution in [0.4, 0.5) is 17.6 Å². The molecular weight excluding hydrogens is 472 g/mol. The summed E-state index contributed by atoms with van der Waals surface area (Å²) in [5.74, 6) is 1.09. The van der Waals surface area contributed by atoms with Gasteiger partial charge in [-0.15, -0.1) is 0 Å². The maximum absolute atomic E-state index is 13.2. The molecule has 1 atom stereocenters. The Bertz CT molecular complexity index is 1130. The molecule has 0 bridgehead atoms. The van der Waals surface area contributed by atoms with Gasteiger partial charge in [0.2, 0.25) is 5.95 Å². The van der Waals surface area contributed by atoms with Gasteiger partial charge >= 0.3 is 5.97 Å². The summed E-state index contributed by atoms with van der Waals surface area (Å²) in [5.41, 5.74) is 2.64. The minimum atomic E-state index is -0.539. The van der Waals surface area contributed by atoms with Crippen LogP contribution in [-0.2, 0) is 19.0 Å². The van der Waals surface area contributed by atoms with Crippen molar-refractivity contribution >= 4 is 35.2 Å². The second-order valence-electron chi connectivity index (χ2n) is 8.51. The van der Waals surface area contributed by atoms with Gasteiger partial charge in [-0.1, -0.05) is 17.7 Å². The van der Waals surface area contributed by atoms with E-state index in [4.69, 9.17) is 35.8 Å². The maximum atomic E-state index is 13.2. The molecule has 1 N–H and O–H groups in total. The number of halogens is 1. The number of pyridine rings is 1. The van der Waals surface area contributed by atoms with Crippen LogP contribution in [0.3, 0.4) is 0 Å². The number of rotatable bonds is 5. The number of fused-ring (bicyclic) bond motifs is 1. The zero-order chi connectivity index (χ0) is 24.4. The van der Waals surface area contributed by atoms with E-state index in [-0.39, 0.29) is 6.61 Å². The first-order valence-electron chi connectivity index (χ1n) is 11.9. The van der Waals surface area contributed by atoms with E-state index in [2.05, 4.69) is 20.1 Å². The van der Waals surface area contributed by atoms with Gasteiger partial charge in [0.1, 0.15) is 16.8 Å². The summed E-state index contributed by atoms with van der Waals surface area (Å²) in [7, 11) is 0. The SMILES string of the molecule is CCOC(=O)C1=C(C)Nc2nc(N3CCOCC3)nc(N3CCOCC3)c2C1c1cccnc1Cl. The van der Waals surface area contributed by atoms with Gasteiger partial charge in [-0.25, -0.2) is 9.78 Å². The molecule has 3 aliphatic heterocycles. The van der Waals surface area contributed by atoms with Gasteiger partial charge in [0.25, 0.3) is 0 Å². The number of ether oxygens (including phenoxy) is 3. The Morgan fingerprint density at radius 2 is 1.83 bits per heavy atom. The van der Waals surface area contributed by atoms with Crippen molar-refractivity contribution in [2.45, 2.75) is 19.8 Å². The Morgan fingerprint density at radius 1 is 1.14 bits per heavy atom. The Labute approximate surface area is 209 Å². The van der Waals surface area contributed by atoms with Gasteiger partial charge in [-0.3, -0.25) is 0 Å². The molecule has 5 rings (SSSR count). The highest BCUT2D eigenvalue weighted by atomic mass is 35.5. The molecule has 186 valence electrons. The molecule has 2 aromatic heterocycles.